The lowest BCUT2D eigenvalue weighted by atomic mass is 9.94. The van der Waals surface area contributed by atoms with Crippen LogP contribution in [0.1, 0.15) is 35.7 Å². The van der Waals surface area contributed by atoms with Crippen LogP contribution in [0.3, 0.4) is 0 Å². The molecular weight excluding hydrogens is 386 g/mol. The van der Waals surface area contributed by atoms with Crippen LogP contribution in [-0.4, -0.2) is 44.2 Å². The monoisotopic (exact) mass is 417 g/mol. The highest BCUT2D eigenvalue weighted by molar-refractivity contribution is 6.01. The van der Waals surface area contributed by atoms with Gasteiger partial charge >= 0.3 is 0 Å². The van der Waals surface area contributed by atoms with Gasteiger partial charge in [0.25, 0.3) is 5.91 Å². The number of nitrogens with one attached hydrogen (secondary N) is 1. The zero-order valence-electron chi connectivity index (χ0n) is 18.4. The van der Waals surface area contributed by atoms with Gasteiger partial charge in [-0.1, -0.05) is 43.7 Å². The number of ether oxygens (including phenoxy) is 1. The fraction of sp³-hybridized carbons (Fsp3) is 0.346. The fourth-order valence-corrected chi connectivity index (χ4v) is 4.24. The van der Waals surface area contributed by atoms with Crippen LogP contribution in [0.25, 0.3) is 10.8 Å². The molecule has 5 heteroatoms. The number of rotatable bonds is 7. The van der Waals surface area contributed by atoms with E-state index in [2.05, 4.69) is 53.6 Å². The summed E-state index contributed by atoms with van der Waals surface area (Å²) in [6, 6.07) is 20.5. The number of anilines is 1. The Bertz CT molecular complexity index is 1020. The molecule has 0 saturated carbocycles. The Hall–Kier alpha value is -3.05. The highest BCUT2D eigenvalue weighted by atomic mass is 16.5. The minimum Gasteiger partial charge on any atom is -0.497 e. The van der Waals surface area contributed by atoms with Gasteiger partial charge in [-0.05, 0) is 59.5 Å². The minimum atomic E-state index is -0.00486. The number of fused-ring (bicyclic) bond motifs is 1. The SMILES string of the molecule is CCCCc1c(C(=O)NN2CCN(c3ccc(OC)cc3)CC2)ccc2ccccc12. The van der Waals surface area contributed by atoms with Crippen LogP contribution < -0.4 is 15.1 Å². The lowest BCUT2D eigenvalue weighted by molar-refractivity contribution is 0.0776. The molecule has 0 unspecified atom stereocenters. The number of hydrazine groups is 1. The highest BCUT2D eigenvalue weighted by Gasteiger charge is 2.21. The second-order valence-corrected chi connectivity index (χ2v) is 8.03. The van der Waals surface area contributed by atoms with Crippen molar-refractivity contribution in [2.45, 2.75) is 26.2 Å². The largest absolute Gasteiger partial charge is 0.497 e. The molecule has 5 nitrogen and oxygen atoms in total. The highest BCUT2D eigenvalue weighted by Crippen LogP contribution is 2.25. The van der Waals surface area contributed by atoms with Crippen molar-refractivity contribution < 1.29 is 9.53 Å². The molecule has 0 bridgehead atoms. The summed E-state index contributed by atoms with van der Waals surface area (Å²) in [6.07, 6.45) is 3.11. The van der Waals surface area contributed by atoms with Crippen molar-refractivity contribution in [1.82, 2.24) is 10.4 Å². The number of methoxy groups -OCH3 is 1. The molecule has 0 atom stereocenters. The fourth-order valence-electron chi connectivity index (χ4n) is 4.24. The standard InChI is InChI=1S/C26H31N3O2/c1-3-4-8-24-23-9-6-5-7-20(23)10-15-25(24)26(30)27-29-18-16-28(17-19-29)21-11-13-22(31-2)14-12-21/h5-7,9-15H,3-4,8,16-19H2,1-2H3,(H,27,30). The molecule has 1 saturated heterocycles. The Labute approximate surface area is 184 Å². The zero-order chi connectivity index (χ0) is 21.6. The number of hydrogen-bond donors (Lipinski definition) is 1. The first kappa shape index (κ1) is 21.2. The van der Waals surface area contributed by atoms with E-state index in [1.807, 2.05) is 29.3 Å². The van der Waals surface area contributed by atoms with E-state index in [1.165, 1.54) is 16.5 Å². The third-order valence-electron chi connectivity index (χ3n) is 6.04. The molecule has 0 aromatic heterocycles. The molecule has 3 aromatic rings. The molecule has 3 aromatic carbocycles. The molecule has 1 aliphatic rings. The van der Waals surface area contributed by atoms with E-state index >= 15 is 0 Å². The smallest absolute Gasteiger partial charge is 0.265 e. The van der Waals surface area contributed by atoms with Gasteiger partial charge in [-0.25, -0.2) is 5.01 Å². The topological polar surface area (TPSA) is 44.8 Å². The van der Waals surface area contributed by atoms with E-state index in [1.54, 1.807) is 7.11 Å². The van der Waals surface area contributed by atoms with Gasteiger partial charge in [0.05, 0.1) is 7.11 Å². The van der Waals surface area contributed by atoms with E-state index < -0.39 is 0 Å². The second-order valence-electron chi connectivity index (χ2n) is 8.03. The molecule has 0 aliphatic carbocycles. The summed E-state index contributed by atoms with van der Waals surface area (Å²) in [4.78, 5) is 15.5. The van der Waals surface area contributed by atoms with Gasteiger partial charge in [-0.15, -0.1) is 0 Å². The van der Waals surface area contributed by atoms with Gasteiger partial charge in [-0.3, -0.25) is 10.2 Å². The number of benzene rings is 3. The molecule has 162 valence electrons. The Balaban J connectivity index is 1.43. The van der Waals surface area contributed by atoms with Crippen molar-refractivity contribution in [3.63, 3.8) is 0 Å². The first-order valence-electron chi connectivity index (χ1n) is 11.1. The number of hydrogen-bond acceptors (Lipinski definition) is 4. The molecule has 1 aliphatic heterocycles. The maximum absolute atomic E-state index is 13.2. The third kappa shape index (κ3) is 4.83. The van der Waals surface area contributed by atoms with Crippen LogP contribution in [0, 0.1) is 0 Å². The van der Waals surface area contributed by atoms with Gasteiger partial charge in [-0.2, -0.15) is 0 Å². The van der Waals surface area contributed by atoms with Crippen LogP contribution in [-0.2, 0) is 6.42 Å². The average molecular weight is 418 g/mol. The average Bonchev–Trinajstić information content (AvgIpc) is 2.83. The summed E-state index contributed by atoms with van der Waals surface area (Å²) in [5.41, 5.74) is 6.30. The van der Waals surface area contributed by atoms with Crippen molar-refractivity contribution >= 4 is 22.4 Å². The lowest BCUT2D eigenvalue weighted by Crippen LogP contribution is -2.53. The molecule has 0 radical (unpaired) electrons. The molecular formula is C26H31N3O2. The molecule has 1 N–H and O–H groups in total. The number of amides is 1. The summed E-state index contributed by atoms with van der Waals surface area (Å²) in [6.45, 7) is 5.50. The van der Waals surface area contributed by atoms with Crippen molar-refractivity contribution in [2.75, 3.05) is 38.2 Å². The lowest BCUT2D eigenvalue weighted by Gasteiger charge is -2.36. The predicted octanol–water partition coefficient (Wildman–Crippen LogP) is 4.66. The Kier molecular flexibility index (Phi) is 6.73. The summed E-state index contributed by atoms with van der Waals surface area (Å²) >= 11 is 0. The van der Waals surface area contributed by atoms with Crippen LogP contribution in [0.15, 0.2) is 60.7 Å². The summed E-state index contributed by atoms with van der Waals surface area (Å²) in [5, 5.41) is 4.42. The second kappa shape index (κ2) is 9.84. The normalized spacial score (nSPS) is 14.6. The van der Waals surface area contributed by atoms with E-state index in [0.717, 1.165) is 62.3 Å². The summed E-state index contributed by atoms with van der Waals surface area (Å²) in [7, 11) is 1.68. The molecule has 1 fully saturated rings. The number of carbonyl (C=O) groups excluding carboxylic acids is 1. The Morgan fingerprint density at radius 1 is 0.968 bits per heavy atom. The van der Waals surface area contributed by atoms with E-state index in [4.69, 9.17) is 4.74 Å². The predicted molar refractivity (Wildman–Crippen MR) is 127 cm³/mol. The van der Waals surface area contributed by atoms with Crippen molar-refractivity contribution in [1.29, 1.82) is 0 Å². The number of aryl methyl sites for hydroxylation is 1. The molecule has 1 amide bonds. The first-order chi connectivity index (χ1) is 15.2. The van der Waals surface area contributed by atoms with Crippen molar-refractivity contribution in [3.8, 4) is 5.75 Å². The van der Waals surface area contributed by atoms with Crippen LogP contribution >= 0.6 is 0 Å². The van der Waals surface area contributed by atoms with Crippen LogP contribution in [0.2, 0.25) is 0 Å². The number of piperazine rings is 1. The number of nitrogens with zero attached hydrogens (tertiary/aromatic N) is 2. The number of unbranched alkanes of at least 4 members (excludes halogenated alkanes) is 1. The Morgan fingerprint density at radius 2 is 1.71 bits per heavy atom. The van der Waals surface area contributed by atoms with Crippen molar-refractivity contribution in [2.24, 2.45) is 0 Å². The zero-order valence-corrected chi connectivity index (χ0v) is 18.4. The van der Waals surface area contributed by atoms with E-state index in [0.29, 0.717) is 0 Å². The molecule has 4 rings (SSSR count). The minimum absolute atomic E-state index is 0.00486. The molecule has 31 heavy (non-hydrogen) atoms. The maximum atomic E-state index is 13.2. The van der Waals surface area contributed by atoms with E-state index in [-0.39, 0.29) is 5.91 Å². The molecule has 0 spiro atoms. The maximum Gasteiger partial charge on any atom is 0.265 e. The van der Waals surface area contributed by atoms with E-state index in [9.17, 15) is 4.79 Å². The molecule has 1 heterocycles. The quantitative estimate of drug-likeness (QED) is 0.607. The van der Waals surface area contributed by atoms with Crippen molar-refractivity contribution in [3.05, 3.63) is 71.8 Å². The summed E-state index contributed by atoms with van der Waals surface area (Å²) in [5.74, 6) is 0.860. The van der Waals surface area contributed by atoms with Crippen LogP contribution in [0.4, 0.5) is 5.69 Å². The van der Waals surface area contributed by atoms with Crippen LogP contribution in [0.5, 0.6) is 5.75 Å². The van der Waals surface area contributed by atoms with Gasteiger partial charge in [0.1, 0.15) is 5.75 Å². The van der Waals surface area contributed by atoms with Gasteiger partial charge < -0.3 is 9.64 Å². The first-order valence-corrected chi connectivity index (χ1v) is 11.1. The summed E-state index contributed by atoms with van der Waals surface area (Å²) < 4.78 is 5.25. The Morgan fingerprint density at radius 3 is 2.42 bits per heavy atom. The van der Waals surface area contributed by atoms with Gasteiger partial charge in [0.15, 0.2) is 0 Å². The van der Waals surface area contributed by atoms with Gasteiger partial charge in [0.2, 0.25) is 0 Å². The third-order valence-corrected chi connectivity index (χ3v) is 6.04. The van der Waals surface area contributed by atoms with Gasteiger partial charge in [0, 0.05) is 37.4 Å². The number of carbonyl (C=O) groups is 1.